The Balaban J connectivity index is 2.93. The van der Waals surface area contributed by atoms with E-state index in [2.05, 4.69) is 5.32 Å². The molecule has 0 fully saturated rings. The van der Waals surface area contributed by atoms with Crippen molar-refractivity contribution in [2.75, 3.05) is 11.9 Å². The number of hydrogen-bond donors (Lipinski definition) is 2. The topological polar surface area (TPSA) is 98.3 Å². The van der Waals surface area contributed by atoms with E-state index >= 15 is 0 Å². The Morgan fingerprint density at radius 1 is 1.56 bits per heavy atom. The molecule has 0 aliphatic rings. The minimum atomic E-state index is -0.610. The molecule has 1 amide bonds. The predicted octanol–water partition coefficient (Wildman–Crippen LogP) is 2.07. The van der Waals surface area contributed by atoms with Crippen molar-refractivity contribution in [3.63, 3.8) is 0 Å². The van der Waals surface area contributed by atoms with Gasteiger partial charge in [0, 0.05) is 18.2 Å². The van der Waals surface area contributed by atoms with Crippen LogP contribution in [0, 0.1) is 10.1 Å². The highest BCUT2D eigenvalue weighted by molar-refractivity contribution is 5.94. The van der Waals surface area contributed by atoms with Crippen LogP contribution in [0.1, 0.15) is 23.7 Å². The number of benzene rings is 1. The summed E-state index contributed by atoms with van der Waals surface area (Å²) >= 11 is 0. The maximum Gasteiger partial charge on any atom is 0.292 e. The first-order chi connectivity index (χ1) is 8.56. The van der Waals surface area contributed by atoms with Gasteiger partial charge in [-0.15, -0.1) is 0 Å². The fourth-order valence-corrected chi connectivity index (χ4v) is 1.45. The molecule has 0 heterocycles. The van der Waals surface area contributed by atoms with E-state index in [1.807, 2.05) is 19.1 Å². The zero-order valence-corrected chi connectivity index (χ0v) is 10.1. The number of rotatable bonds is 6. The predicted molar refractivity (Wildman–Crippen MR) is 69.5 cm³/mol. The number of nitro benzene ring substituents is 1. The molecule has 1 aromatic rings. The largest absolute Gasteiger partial charge is 0.379 e. The van der Waals surface area contributed by atoms with E-state index in [0.29, 0.717) is 12.2 Å². The van der Waals surface area contributed by atoms with Crippen molar-refractivity contribution in [3.8, 4) is 0 Å². The van der Waals surface area contributed by atoms with E-state index in [9.17, 15) is 14.9 Å². The van der Waals surface area contributed by atoms with Gasteiger partial charge < -0.3 is 11.1 Å². The van der Waals surface area contributed by atoms with Crippen molar-refractivity contribution < 1.29 is 9.72 Å². The van der Waals surface area contributed by atoms with E-state index in [0.717, 1.165) is 6.42 Å². The third-order valence-corrected chi connectivity index (χ3v) is 2.34. The van der Waals surface area contributed by atoms with Gasteiger partial charge in [-0.3, -0.25) is 14.9 Å². The average Bonchev–Trinajstić information content (AvgIpc) is 2.34. The molecule has 0 aliphatic heterocycles. The molecule has 0 spiro atoms. The van der Waals surface area contributed by atoms with Crippen LogP contribution in [0.2, 0.25) is 0 Å². The van der Waals surface area contributed by atoms with Gasteiger partial charge in [-0.05, 0) is 25.5 Å². The molecule has 0 radical (unpaired) electrons. The van der Waals surface area contributed by atoms with E-state index in [1.54, 1.807) is 0 Å². The summed E-state index contributed by atoms with van der Waals surface area (Å²) in [4.78, 5) is 21.4. The maximum absolute atomic E-state index is 11.0. The Bertz CT molecular complexity index is 483. The molecule has 0 bridgehead atoms. The molecular weight excluding hydrogens is 234 g/mol. The Kier molecular flexibility index (Phi) is 4.86. The summed E-state index contributed by atoms with van der Waals surface area (Å²) < 4.78 is 0. The molecule has 6 heteroatoms. The fraction of sp³-hybridized carbons (Fsp3) is 0.250. The minimum absolute atomic E-state index is 0.0690. The number of allylic oxidation sites excluding steroid dienone is 1. The summed E-state index contributed by atoms with van der Waals surface area (Å²) in [6.07, 6.45) is 4.58. The lowest BCUT2D eigenvalue weighted by Crippen LogP contribution is -2.12. The number of hydrogen-bond acceptors (Lipinski definition) is 4. The lowest BCUT2D eigenvalue weighted by molar-refractivity contribution is -0.384. The summed E-state index contributed by atoms with van der Waals surface area (Å²) in [5, 5.41) is 13.8. The smallest absolute Gasteiger partial charge is 0.292 e. The number of nitrogens with two attached hydrogens (primary N) is 1. The molecule has 18 heavy (non-hydrogen) atoms. The molecule has 96 valence electrons. The third kappa shape index (κ3) is 3.58. The number of amides is 1. The fourth-order valence-electron chi connectivity index (χ4n) is 1.45. The number of anilines is 1. The first kappa shape index (κ1) is 13.7. The monoisotopic (exact) mass is 249 g/mol. The molecule has 0 saturated carbocycles. The van der Waals surface area contributed by atoms with E-state index < -0.39 is 10.8 Å². The first-order valence-electron chi connectivity index (χ1n) is 5.49. The number of nitrogens with one attached hydrogen (secondary N) is 1. The van der Waals surface area contributed by atoms with Gasteiger partial charge in [0.25, 0.3) is 5.69 Å². The third-order valence-electron chi connectivity index (χ3n) is 2.34. The van der Waals surface area contributed by atoms with Crippen LogP contribution >= 0.6 is 0 Å². The summed E-state index contributed by atoms with van der Waals surface area (Å²) in [6.45, 7) is 2.45. The van der Waals surface area contributed by atoms with Crippen molar-refractivity contribution in [2.45, 2.75) is 13.3 Å². The molecule has 0 atom stereocenters. The van der Waals surface area contributed by atoms with Gasteiger partial charge in [0.2, 0.25) is 5.91 Å². The van der Waals surface area contributed by atoms with Crippen molar-refractivity contribution in [1.82, 2.24) is 0 Å². The van der Waals surface area contributed by atoms with Crippen LogP contribution in [0.3, 0.4) is 0 Å². The van der Waals surface area contributed by atoms with Gasteiger partial charge in [0.05, 0.1) is 4.92 Å². The standard InChI is InChI=1S/C12H15N3O3/c1-2-3-4-7-14-10-8-9(12(13)16)5-6-11(10)15(17)18/h2-3,5-6,8,14H,4,7H2,1H3,(H2,13,16)/b3-2+. The second-order valence-corrected chi connectivity index (χ2v) is 3.64. The zero-order chi connectivity index (χ0) is 13.5. The number of nitro groups is 1. The van der Waals surface area contributed by atoms with Crippen LogP contribution in [-0.2, 0) is 0 Å². The summed E-state index contributed by atoms with van der Waals surface area (Å²) in [5.41, 5.74) is 5.62. The lowest BCUT2D eigenvalue weighted by atomic mass is 10.1. The normalized spacial score (nSPS) is 10.5. The zero-order valence-electron chi connectivity index (χ0n) is 10.1. The Labute approximate surface area is 105 Å². The molecule has 6 nitrogen and oxygen atoms in total. The van der Waals surface area contributed by atoms with Gasteiger partial charge in [-0.1, -0.05) is 12.2 Å². The Morgan fingerprint density at radius 2 is 2.28 bits per heavy atom. The van der Waals surface area contributed by atoms with Crippen LogP contribution in [-0.4, -0.2) is 17.4 Å². The highest BCUT2D eigenvalue weighted by Gasteiger charge is 2.15. The van der Waals surface area contributed by atoms with Gasteiger partial charge in [-0.2, -0.15) is 0 Å². The average molecular weight is 249 g/mol. The van der Waals surface area contributed by atoms with E-state index in [1.165, 1.54) is 18.2 Å². The van der Waals surface area contributed by atoms with Crippen LogP contribution in [0.15, 0.2) is 30.4 Å². The molecule has 0 aliphatic carbocycles. The molecule has 0 unspecified atom stereocenters. The van der Waals surface area contributed by atoms with Crippen LogP contribution < -0.4 is 11.1 Å². The number of primary amides is 1. The Morgan fingerprint density at radius 3 is 2.83 bits per heavy atom. The van der Waals surface area contributed by atoms with Gasteiger partial charge in [-0.25, -0.2) is 0 Å². The second-order valence-electron chi connectivity index (χ2n) is 3.64. The van der Waals surface area contributed by atoms with Gasteiger partial charge >= 0.3 is 0 Å². The highest BCUT2D eigenvalue weighted by atomic mass is 16.6. The molecule has 0 saturated heterocycles. The molecular formula is C12H15N3O3. The second kappa shape index (κ2) is 6.39. The van der Waals surface area contributed by atoms with E-state index in [4.69, 9.17) is 5.73 Å². The van der Waals surface area contributed by atoms with Crippen molar-refractivity contribution in [3.05, 3.63) is 46.0 Å². The maximum atomic E-state index is 11.0. The quantitative estimate of drug-likeness (QED) is 0.349. The first-order valence-corrected chi connectivity index (χ1v) is 5.49. The SMILES string of the molecule is C/C=C/CCNc1cc(C(N)=O)ccc1[N+](=O)[O-]. The van der Waals surface area contributed by atoms with Crippen molar-refractivity contribution >= 4 is 17.3 Å². The summed E-state index contributed by atoms with van der Waals surface area (Å²) in [7, 11) is 0. The molecule has 3 N–H and O–H groups in total. The number of nitrogens with zero attached hydrogens (tertiary/aromatic N) is 1. The molecule has 1 aromatic carbocycles. The number of carbonyl (C=O) groups is 1. The van der Waals surface area contributed by atoms with Crippen molar-refractivity contribution in [1.29, 1.82) is 0 Å². The van der Waals surface area contributed by atoms with E-state index in [-0.39, 0.29) is 11.3 Å². The highest BCUT2D eigenvalue weighted by Crippen LogP contribution is 2.25. The van der Waals surface area contributed by atoms with Gasteiger partial charge in [0.1, 0.15) is 5.69 Å². The number of carbonyl (C=O) groups excluding carboxylic acids is 1. The Hall–Kier alpha value is -2.37. The van der Waals surface area contributed by atoms with Gasteiger partial charge in [0.15, 0.2) is 0 Å². The summed E-state index contributed by atoms with van der Waals surface area (Å²) in [6, 6.07) is 4.02. The van der Waals surface area contributed by atoms with Crippen molar-refractivity contribution in [2.24, 2.45) is 5.73 Å². The molecule has 0 aromatic heterocycles. The minimum Gasteiger partial charge on any atom is -0.379 e. The summed E-state index contributed by atoms with van der Waals surface area (Å²) in [5.74, 6) is -0.610. The lowest BCUT2D eigenvalue weighted by Gasteiger charge is -2.07. The van der Waals surface area contributed by atoms with Crippen LogP contribution in [0.5, 0.6) is 0 Å². The molecule has 1 rings (SSSR count). The van der Waals surface area contributed by atoms with Crippen LogP contribution in [0.4, 0.5) is 11.4 Å². The van der Waals surface area contributed by atoms with Crippen LogP contribution in [0.25, 0.3) is 0 Å².